The molecule has 0 aliphatic rings. The first-order chi connectivity index (χ1) is 13.2. The van der Waals surface area contributed by atoms with Crippen molar-refractivity contribution in [3.8, 4) is 0 Å². The maximum Gasteiger partial charge on any atom is 0.256 e. The maximum absolute atomic E-state index is 13.0. The number of nitrogens with zero attached hydrogens (tertiary/aromatic N) is 1. The van der Waals surface area contributed by atoms with Crippen LogP contribution < -0.4 is 11.1 Å². The van der Waals surface area contributed by atoms with E-state index in [1.165, 1.54) is 0 Å². The first-order valence-electron chi connectivity index (χ1n) is 8.78. The summed E-state index contributed by atoms with van der Waals surface area (Å²) in [5, 5.41) is 5.14. The van der Waals surface area contributed by atoms with E-state index >= 15 is 0 Å². The van der Waals surface area contributed by atoms with Gasteiger partial charge in [-0.1, -0.05) is 42.5 Å². The Kier molecular flexibility index (Phi) is 4.54. The molecule has 1 amide bonds. The molecule has 3 N–H and O–H groups in total. The summed E-state index contributed by atoms with van der Waals surface area (Å²) in [4.78, 5) is 17.1. The summed E-state index contributed by atoms with van der Waals surface area (Å²) in [6, 6.07) is 23.2. The zero-order chi connectivity index (χ0) is 18.6. The first-order valence-corrected chi connectivity index (χ1v) is 8.78. The second kappa shape index (κ2) is 7.30. The molecule has 4 nitrogen and oxygen atoms in total. The molecule has 4 aromatic rings. The van der Waals surface area contributed by atoms with Crippen LogP contribution in [0.1, 0.15) is 21.5 Å². The number of fused-ring (bicyclic) bond motifs is 1. The molecule has 132 valence electrons. The number of carbonyl (C=O) groups is 1. The summed E-state index contributed by atoms with van der Waals surface area (Å²) in [6.45, 7) is 0. The van der Waals surface area contributed by atoms with Crippen molar-refractivity contribution in [1.82, 2.24) is 4.98 Å². The molecule has 4 heteroatoms. The lowest BCUT2D eigenvalue weighted by atomic mass is 9.98. The highest BCUT2D eigenvalue weighted by Gasteiger charge is 2.15. The van der Waals surface area contributed by atoms with Crippen LogP contribution in [0, 0.1) is 0 Å². The second-order valence-electron chi connectivity index (χ2n) is 6.39. The van der Waals surface area contributed by atoms with Gasteiger partial charge in [0.1, 0.15) is 0 Å². The van der Waals surface area contributed by atoms with Gasteiger partial charge in [-0.15, -0.1) is 0 Å². The minimum atomic E-state index is -0.164. The van der Waals surface area contributed by atoms with Gasteiger partial charge in [-0.25, -0.2) is 0 Å². The number of nitrogen functional groups attached to an aromatic ring is 1. The summed E-state index contributed by atoms with van der Waals surface area (Å²) in [5.74, 6) is -0.164. The Balaban J connectivity index is 1.69. The molecule has 0 radical (unpaired) electrons. The fourth-order valence-corrected chi connectivity index (χ4v) is 3.24. The van der Waals surface area contributed by atoms with Crippen molar-refractivity contribution < 1.29 is 4.79 Å². The molecule has 3 aromatic carbocycles. The highest BCUT2D eigenvalue weighted by molar-refractivity contribution is 6.10. The molecule has 0 bridgehead atoms. The largest absolute Gasteiger partial charge is 0.398 e. The lowest BCUT2D eigenvalue weighted by Gasteiger charge is -2.14. The number of aromatic nitrogens is 1. The number of amides is 1. The van der Waals surface area contributed by atoms with Crippen molar-refractivity contribution in [2.24, 2.45) is 0 Å². The number of hydrogen-bond donors (Lipinski definition) is 2. The third kappa shape index (κ3) is 3.51. The fraction of sp³-hybridized carbons (Fsp3) is 0.0435. The predicted molar refractivity (Wildman–Crippen MR) is 110 cm³/mol. The van der Waals surface area contributed by atoms with Gasteiger partial charge in [-0.2, -0.15) is 0 Å². The Morgan fingerprint density at radius 1 is 0.889 bits per heavy atom. The Bertz CT molecular complexity index is 1100. The van der Waals surface area contributed by atoms with Crippen LogP contribution >= 0.6 is 0 Å². The zero-order valence-corrected chi connectivity index (χ0v) is 14.7. The van der Waals surface area contributed by atoms with Gasteiger partial charge in [-0.05, 0) is 46.8 Å². The van der Waals surface area contributed by atoms with Crippen LogP contribution in [0.15, 0.2) is 85.2 Å². The standard InChI is InChI=1S/C23H19N3O/c24-21-9-4-8-19(20(21)15-16-11-13-25-14-12-16)23(27)26-22-10-3-6-17-5-1-2-7-18(17)22/h1-14H,15,24H2,(H,26,27). The monoisotopic (exact) mass is 353 g/mol. The van der Waals surface area contributed by atoms with E-state index < -0.39 is 0 Å². The van der Waals surface area contributed by atoms with E-state index in [-0.39, 0.29) is 5.91 Å². The average molecular weight is 353 g/mol. The number of nitrogens with two attached hydrogens (primary N) is 1. The number of pyridine rings is 1. The fourth-order valence-electron chi connectivity index (χ4n) is 3.24. The summed E-state index contributed by atoms with van der Waals surface area (Å²) < 4.78 is 0. The quantitative estimate of drug-likeness (QED) is 0.524. The van der Waals surface area contributed by atoms with Crippen LogP contribution in [0.5, 0.6) is 0 Å². The van der Waals surface area contributed by atoms with Gasteiger partial charge in [0.25, 0.3) is 5.91 Å². The molecule has 4 rings (SSSR count). The molecule has 0 unspecified atom stereocenters. The van der Waals surface area contributed by atoms with Gasteiger partial charge in [0, 0.05) is 41.1 Å². The van der Waals surface area contributed by atoms with E-state index in [0.29, 0.717) is 17.7 Å². The van der Waals surface area contributed by atoms with E-state index in [1.807, 2.05) is 72.8 Å². The first kappa shape index (κ1) is 16.8. The van der Waals surface area contributed by atoms with E-state index in [4.69, 9.17) is 5.73 Å². The SMILES string of the molecule is Nc1cccc(C(=O)Nc2cccc3ccccc23)c1Cc1ccncc1. The zero-order valence-electron chi connectivity index (χ0n) is 14.7. The summed E-state index contributed by atoms with van der Waals surface area (Å²) in [7, 11) is 0. The number of hydrogen-bond acceptors (Lipinski definition) is 3. The van der Waals surface area contributed by atoms with E-state index in [1.54, 1.807) is 12.4 Å². The van der Waals surface area contributed by atoms with Gasteiger partial charge >= 0.3 is 0 Å². The van der Waals surface area contributed by atoms with Crippen LogP contribution in [0.25, 0.3) is 10.8 Å². The lowest BCUT2D eigenvalue weighted by molar-refractivity contribution is 0.102. The van der Waals surface area contributed by atoms with Crippen molar-refractivity contribution in [3.05, 3.63) is 102 Å². The number of carbonyl (C=O) groups excluding carboxylic acids is 1. The van der Waals surface area contributed by atoms with Crippen LogP contribution in [0.2, 0.25) is 0 Å². The Morgan fingerprint density at radius 3 is 2.48 bits per heavy atom. The van der Waals surface area contributed by atoms with Crippen LogP contribution in [0.3, 0.4) is 0 Å². The summed E-state index contributed by atoms with van der Waals surface area (Å²) >= 11 is 0. The number of anilines is 2. The molecule has 27 heavy (non-hydrogen) atoms. The smallest absolute Gasteiger partial charge is 0.256 e. The van der Waals surface area contributed by atoms with Crippen molar-refractivity contribution in [1.29, 1.82) is 0 Å². The van der Waals surface area contributed by atoms with Gasteiger partial charge in [0.05, 0.1) is 0 Å². The second-order valence-corrected chi connectivity index (χ2v) is 6.39. The molecule has 0 atom stereocenters. The van der Waals surface area contributed by atoms with Crippen molar-refractivity contribution in [2.45, 2.75) is 6.42 Å². The third-order valence-corrected chi connectivity index (χ3v) is 4.62. The van der Waals surface area contributed by atoms with Gasteiger partial charge in [0.2, 0.25) is 0 Å². The van der Waals surface area contributed by atoms with Crippen molar-refractivity contribution in [3.63, 3.8) is 0 Å². The van der Waals surface area contributed by atoms with Crippen molar-refractivity contribution >= 4 is 28.1 Å². The van der Waals surface area contributed by atoms with E-state index in [0.717, 1.165) is 27.6 Å². The van der Waals surface area contributed by atoms with Crippen LogP contribution in [-0.2, 0) is 6.42 Å². The highest BCUT2D eigenvalue weighted by atomic mass is 16.1. The molecule has 0 aliphatic heterocycles. The molecular weight excluding hydrogens is 334 g/mol. The summed E-state index contributed by atoms with van der Waals surface area (Å²) in [6.07, 6.45) is 4.06. The van der Waals surface area contributed by atoms with Crippen LogP contribution in [-0.4, -0.2) is 10.9 Å². The Hall–Kier alpha value is -3.66. The molecule has 0 aliphatic carbocycles. The predicted octanol–water partition coefficient (Wildman–Crippen LogP) is 4.66. The molecule has 0 saturated carbocycles. The molecule has 0 spiro atoms. The molecule has 0 fully saturated rings. The number of rotatable bonds is 4. The highest BCUT2D eigenvalue weighted by Crippen LogP contribution is 2.26. The minimum absolute atomic E-state index is 0.164. The normalized spacial score (nSPS) is 10.7. The molecule has 0 saturated heterocycles. The van der Waals surface area contributed by atoms with Crippen molar-refractivity contribution in [2.75, 3.05) is 11.1 Å². The Morgan fingerprint density at radius 2 is 1.63 bits per heavy atom. The number of nitrogens with one attached hydrogen (secondary N) is 1. The summed E-state index contributed by atoms with van der Waals surface area (Å²) in [5.41, 5.74) is 10.1. The maximum atomic E-state index is 13.0. The third-order valence-electron chi connectivity index (χ3n) is 4.62. The van der Waals surface area contributed by atoms with Gasteiger partial charge in [0.15, 0.2) is 0 Å². The minimum Gasteiger partial charge on any atom is -0.398 e. The van der Waals surface area contributed by atoms with Gasteiger partial charge in [-0.3, -0.25) is 9.78 Å². The average Bonchev–Trinajstić information content (AvgIpc) is 2.70. The molecule has 1 aromatic heterocycles. The van der Waals surface area contributed by atoms with Gasteiger partial charge < -0.3 is 11.1 Å². The molecular formula is C23H19N3O. The lowest BCUT2D eigenvalue weighted by Crippen LogP contribution is -2.16. The topological polar surface area (TPSA) is 68.0 Å². The van der Waals surface area contributed by atoms with E-state index in [9.17, 15) is 4.79 Å². The number of benzene rings is 3. The van der Waals surface area contributed by atoms with Crippen LogP contribution in [0.4, 0.5) is 11.4 Å². The molecule has 1 heterocycles. The van der Waals surface area contributed by atoms with E-state index in [2.05, 4.69) is 10.3 Å². The Labute approximate surface area is 157 Å².